The molecule has 0 saturated carbocycles. The molecule has 0 amide bonds. The molecular weight excluding hydrogens is 225 g/mol. The van der Waals surface area contributed by atoms with Crippen molar-refractivity contribution in [2.75, 3.05) is 0 Å². The van der Waals surface area contributed by atoms with Gasteiger partial charge in [-0.05, 0) is 48.7 Å². The third-order valence-electron chi connectivity index (χ3n) is 3.26. The van der Waals surface area contributed by atoms with E-state index in [-0.39, 0.29) is 5.82 Å². The quantitative estimate of drug-likeness (QED) is 0.694. The number of benzene rings is 2. The summed E-state index contributed by atoms with van der Waals surface area (Å²) in [6, 6.07) is 15.7. The lowest BCUT2D eigenvalue weighted by atomic mass is 10.0. The van der Waals surface area contributed by atoms with Gasteiger partial charge in [0.1, 0.15) is 5.82 Å². The van der Waals surface area contributed by atoms with Crippen LogP contribution in [0.4, 0.5) is 4.39 Å². The third-order valence-corrected chi connectivity index (χ3v) is 3.26. The minimum absolute atomic E-state index is 0.191. The zero-order valence-electron chi connectivity index (χ0n) is 10.1. The topological polar surface area (TPSA) is 15.8 Å². The monoisotopic (exact) mass is 238 g/mol. The van der Waals surface area contributed by atoms with Crippen LogP contribution in [0.3, 0.4) is 0 Å². The smallest absolute Gasteiger partial charge is 0.123 e. The fourth-order valence-corrected chi connectivity index (χ4v) is 2.31. The molecule has 2 aromatic carbocycles. The van der Waals surface area contributed by atoms with Gasteiger partial charge < -0.3 is 4.98 Å². The van der Waals surface area contributed by atoms with Crippen LogP contribution in [0.15, 0.2) is 42.5 Å². The molecule has 0 bridgehead atoms. The zero-order chi connectivity index (χ0) is 12.5. The van der Waals surface area contributed by atoms with Crippen molar-refractivity contribution in [2.24, 2.45) is 0 Å². The fourth-order valence-electron chi connectivity index (χ4n) is 2.31. The number of fused-ring (bicyclic) bond motifs is 1. The minimum Gasteiger partial charge on any atom is -0.358 e. The summed E-state index contributed by atoms with van der Waals surface area (Å²) in [7, 11) is 0. The normalized spacial score (nSPS) is 11.0. The van der Waals surface area contributed by atoms with Crippen LogP contribution in [0.5, 0.6) is 0 Å². The largest absolute Gasteiger partial charge is 0.358 e. The summed E-state index contributed by atoms with van der Waals surface area (Å²) < 4.78 is 12.9. The Bertz CT molecular complexity index is 680. The first-order valence-electron chi connectivity index (χ1n) is 5.96. The highest BCUT2D eigenvalue weighted by atomic mass is 19.1. The van der Waals surface area contributed by atoms with Crippen LogP contribution in [0.2, 0.25) is 0 Å². The van der Waals surface area contributed by atoms with Crippen LogP contribution >= 0.6 is 0 Å². The van der Waals surface area contributed by atoms with Crippen molar-refractivity contribution in [1.82, 2.24) is 4.98 Å². The molecule has 89 valence electrons. The molecule has 3 rings (SSSR count). The van der Waals surface area contributed by atoms with Gasteiger partial charge in [-0.25, -0.2) is 4.39 Å². The van der Waals surface area contributed by atoms with Gasteiger partial charge in [0.15, 0.2) is 0 Å². The van der Waals surface area contributed by atoms with Gasteiger partial charge in [-0.3, -0.25) is 0 Å². The van der Waals surface area contributed by atoms with Gasteiger partial charge in [0.05, 0.1) is 0 Å². The molecule has 1 N–H and O–H groups in total. The van der Waals surface area contributed by atoms with Gasteiger partial charge in [-0.2, -0.15) is 0 Å². The maximum atomic E-state index is 12.9. The molecule has 0 saturated heterocycles. The molecule has 1 heterocycles. The van der Waals surface area contributed by atoms with Crippen molar-refractivity contribution in [2.45, 2.75) is 13.3 Å². The Morgan fingerprint density at radius 1 is 1.17 bits per heavy atom. The van der Waals surface area contributed by atoms with E-state index in [4.69, 9.17) is 0 Å². The Hall–Kier alpha value is -2.09. The summed E-state index contributed by atoms with van der Waals surface area (Å²) in [5, 5.41) is 1.22. The number of aromatic amines is 1. The molecule has 2 heteroatoms. The van der Waals surface area contributed by atoms with E-state index in [1.807, 2.05) is 24.3 Å². The second-order valence-corrected chi connectivity index (χ2v) is 4.50. The molecule has 0 spiro atoms. The number of nitrogens with one attached hydrogen (secondary N) is 1. The highest BCUT2D eigenvalue weighted by Crippen LogP contribution is 2.24. The van der Waals surface area contributed by atoms with Crippen LogP contribution in [0, 0.1) is 18.8 Å². The first-order valence-corrected chi connectivity index (χ1v) is 5.96. The number of halogens is 1. The van der Waals surface area contributed by atoms with Crippen molar-refractivity contribution in [3.63, 3.8) is 0 Å². The summed E-state index contributed by atoms with van der Waals surface area (Å²) in [5.41, 5.74) is 4.65. The van der Waals surface area contributed by atoms with Gasteiger partial charge in [0, 0.05) is 16.6 Å². The Balaban J connectivity index is 2.04. The van der Waals surface area contributed by atoms with E-state index >= 15 is 0 Å². The van der Waals surface area contributed by atoms with Crippen molar-refractivity contribution < 1.29 is 4.39 Å². The molecule has 0 atom stereocenters. The summed E-state index contributed by atoms with van der Waals surface area (Å²) in [5.74, 6) is -0.191. The van der Waals surface area contributed by atoms with Crippen molar-refractivity contribution in [3.8, 4) is 0 Å². The molecule has 0 aliphatic carbocycles. The highest BCUT2D eigenvalue weighted by molar-refractivity contribution is 5.84. The molecule has 1 radical (unpaired) electrons. The number of hydrogen-bond donors (Lipinski definition) is 1. The fraction of sp³-hybridized carbons (Fsp3) is 0.125. The zero-order valence-corrected chi connectivity index (χ0v) is 10.1. The predicted molar refractivity (Wildman–Crippen MR) is 71.1 cm³/mol. The average Bonchev–Trinajstić information content (AvgIpc) is 2.69. The van der Waals surface area contributed by atoms with E-state index in [1.54, 1.807) is 0 Å². The maximum absolute atomic E-state index is 12.9. The molecule has 1 nitrogen and oxygen atoms in total. The minimum atomic E-state index is -0.191. The molecule has 0 aliphatic heterocycles. The maximum Gasteiger partial charge on any atom is 0.123 e. The van der Waals surface area contributed by atoms with Gasteiger partial charge in [0.25, 0.3) is 0 Å². The molecule has 3 aromatic rings. The highest BCUT2D eigenvalue weighted by Gasteiger charge is 2.08. The van der Waals surface area contributed by atoms with Gasteiger partial charge in [0.2, 0.25) is 0 Å². The molecule has 0 fully saturated rings. The van der Waals surface area contributed by atoms with Crippen LogP contribution < -0.4 is 0 Å². The van der Waals surface area contributed by atoms with Gasteiger partial charge in [-0.15, -0.1) is 0 Å². The number of aryl methyl sites for hydroxylation is 1. The lowest BCUT2D eigenvalue weighted by Crippen LogP contribution is -1.89. The molecule has 0 aliphatic rings. The van der Waals surface area contributed by atoms with Gasteiger partial charge in [-0.1, -0.05) is 24.3 Å². The van der Waals surface area contributed by atoms with Gasteiger partial charge >= 0.3 is 0 Å². The Morgan fingerprint density at radius 2 is 1.94 bits per heavy atom. The van der Waals surface area contributed by atoms with E-state index < -0.39 is 0 Å². The van der Waals surface area contributed by atoms with E-state index in [9.17, 15) is 4.39 Å². The van der Waals surface area contributed by atoms with E-state index in [0.29, 0.717) is 0 Å². The first-order chi connectivity index (χ1) is 8.74. The second kappa shape index (κ2) is 4.30. The SMILES string of the molecule is Cc1[nH]c2c[c]ccc2c1Cc1ccc(F)cc1. The number of H-pyrrole nitrogens is 1. The van der Waals surface area contributed by atoms with Crippen LogP contribution in [-0.4, -0.2) is 4.98 Å². The van der Waals surface area contributed by atoms with Crippen LogP contribution in [0.1, 0.15) is 16.8 Å². The Kier molecular flexibility index (Phi) is 2.63. The van der Waals surface area contributed by atoms with Crippen molar-refractivity contribution >= 4 is 10.9 Å². The lowest BCUT2D eigenvalue weighted by molar-refractivity contribution is 0.627. The van der Waals surface area contributed by atoms with E-state index in [0.717, 1.165) is 23.2 Å². The molecule has 18 heavy (non-hydrogen) atoms. The van der Waals surface area contributed by atoms with Crippen molar-refractivity contribution in [3.05, 3.63) is 71.2 Å². The van der Waals surface area contributed by atoms with Crippen LogP contribution in [0.25, 0.3) is 10.9 Å². The number of aromatic nitrogens is 1. The summed E-state index contributed by atoms with van der Waals surface area (Å²) in [6.45, 7) is 2.07. The summed E-state index contributed by atoms with van der Waals surface area (Å²) >= 11 is 0. The average molecular weight is 238 g/mol. The standard InChI is InChI=1S/C16H13FN/c1-11-15(10-12-6-8-13(17)9-7-12)14-4-2-3-5-16(14)18-11/h2,4-9,18H,10H2,1H3. The first kappa shape index (κ1) is 11.0. The number of rotatable bonds is 2. The van der Waals surface area contributed by atoms with E-state index in [1.165, 1.54) is 23.1 Å². The van der Waals surface area contributed by atoms with Crippen molar-refractivity contribution in [1.29, 1.82) is 0 Å². The summed E-state index contributed by atoms with van der Waals surface area (Å²) in [6.07, 6.45) is 0.816. The Morgan fingerprint density at radius 3 is 2.72 bits per heavy atom. The predicted octanol–water partition coefficient (Wildman–Crippen LogP) is 4.01. The lowest BCUT2D eigenvalue weighted by Gasteiger charge is -2.02. The Labute approximate surface area is 105 Å². The third kappa shape index (κ3) is 1.90. The number of hydrogen-bond acceptors (Lipinski definition) is 0. The van der Waals surface area contributed by atoms with E-state index in [2.05, 4.69) is 24.0 Å². The van der Waals surface area contributed by atoms with Crippen LogP contribution in [-0.2, 0) is 6.42 Å². The molecule has 0 unspecified atom stereocenters. The molecular formula is C16H13FN. The second-order valence-electron chi connectivity index (χ2n) is 4.50. The molecule has 1 aromatic heterocycles. The summed E-state index contributed by atoms with van der Waals surface area (Å²) in [4.78, 5) is 3.35.